The van der Waals surface area contributed by atoms with Gasteiger partial charge in [0.15, 0.2) is 17.3 Å². The van der Waals surface area contributed by atoms with Crippen LogP contribution >= 0.6 is 0 Å². The molecule has 196 valence electrons. The van der Waals surface area contributed by atoms with E-state index >= 15 is 0 Å². The summed E-state index contributed by atoms with van der Waals surface area (Å²) in [5.74, 6) is 1.70. The lowest BCUT2D eigenvalue weighted by molar-refractivity contribution is -0.137. The minimum absolute atomic E-state index is 0.109. The molecule has 1 N–H and O–H groups in total. The smallest absolute Gasteiger partial charge is 0.303 e. The summed E-state index contributed by atoms with van der Waals surface area (Å²) in [4.78, 5) is 25.3. The number of rotatable bonds is 10. The summed E-state index contributed by atoms with van der Waals surface area (Å²) >= 11 is 0. The molecular weight excluding hydrogens is 454 g/mol. The number of methoxy groups -OCH3 is 2. The van der Waals surface area contributed by atoms with E-state index in [0.717, 1.165) is 62.9 Å². The van der Waals surface area contributed by atoms with Crippen molar-refractivity contribution in [3.8, 4) is 11.5 Å². The fourth-order valence-corrected chi connectivity index (χ4v) is 5.24. The van der Waals surface area contributed by atoms with Gasteiger partial charge in [0.25, 0.3) is 0 Å². The Morgan fingerprint density at radius 2 is 1.69 bits per heavy atom. The van der Waals surface area contributed by atoms with Gasteiger partial charge in [-0.25, -0.2) is 0 Å². The summed E-state index contributed by atoms with van der Waals surface area (Å²) in [6.07, 6.45) is 7.47. The molecule has 1 fully saturated rings. The first kappa shape index (κ1) is 27.7. The molecule has 6 nitrogen and oxygen atoms in total. The van der Waals surface area contributed by atoms with Crippen molar-refractivity contribution in [2.24, 2.45) is 11.8 Å². The number of aliphatic carboxylic acids is 1. The normalized spacial score (nSPS) is 17.8. The predicted octanol–water partition coefficient (Wildman–Crippen LogP) is 6.01. The Bertz CT molecular complexity index is 982. The van der Waals surface area contributed by atoms with Crippen molar-refractivity contribution in [3.63, 3.8) is 0 Å². The lowest BCUT2D eigenvalue weighted by atomic mass is 9.85. The molecule has 1 atom stereocenters. The van der Waals surface area contributed by atoms with Crippen LogP contribution in [0.25, 0.3) is 0 Å². The number of carboxylic acid groups (broad SMARTS) is 1. The molecule has 0 saturated carbocycles. The lowest BCUT2D eigenvalue weighted by Crippen LogP contribution is -2.34. The summed E-state index contributed by atoms with van der Waals surface area (Å²) in [6.45, 7) is 5.33. The third kappa shape index (κ3) is 7.82. The van der Waals surface area contributed by atoms with Crippen molar-refractivity contribution < 1.29 is 24.2 Å². The number of likely N-dealkylation sites (tertiary alicyclic amines) is 1. The maximum absolute atomic E-state index is 12.9. The average Bonchev–Trinajstić information content (AvgIpc) is 3.19. The number of piperidine rings is 1. The number of Topliss-reactive ketones (excluding diaryl/α,β-unsaturated/α-hetero) is 1. The van der Waals surface area contributed by atoms with E-state index in [1.165, 1.54) is 18.4 Å². The number of carbonyl (C=O) groups excluding carboxylic acids is 1. The molecule has 1 unspecified atom stereocenters. The highest BCUT2D eigenvalue weighted by Gasteiger charge is 2.34. The summed E-state index contributed by atoms with van der Waals surface area (Å²) in [5, 5.41) is 8.14. The monoisotopic (exact) mass is 495 g/mol. The number of unbranched alkanes of at least 4 members (excludes halogenated alkanes) is 2. The molecule has 1 heterocycles. The average molecular weight is 496 g/mol. The minimum atomic E-state index is -0.682. The Morgan fingerprint density at radius 1 is 1.03 bits per heavy atom. The zero-order valence-corrected chi connectivity index (χ0v) is 22.0. The van der Waals surface area contributed by atoms with Crippen molar-refractivity contribution in [2.45, 2.75) is 64.8 Å². The molecule has 2 aromatic rings. The number of carboxylic acids is 1. The highest BCUT2D eigenvalue weighted by atomic mass is 16.5. The van der Waals surface area contributed by atoms with Crippen LogP contribution in [-0.4, -0.2) is 49.1 Å². The van der Waals surface area contributed by atoms with Crippen molar-refractivity contribution in [3.05, 3.63) is 59.2 Å². The summed E-state index contributed by atoms with van der Waals surface area (Å²) < 4.78 is 10.8. The van der Waals surface area contributed by atoms with Gasteiger partial charge in [0.1, 0.15) is 0 Å². The number of ether oxygens (including phenoxy) is 2. The number of hydrogen-bond donors (Lipinski definition) is 1. The molecule has 0 amide bonds. The summed E-state index contributed by atoms with van der Waals surface area (Å²) in [6, 6.07) is 14.5. The van der Waals surface area contributed by atoms with Crippen molar-refractivity contribution >= 4 is 11.8 Å². The Kier molecular flexibility index (Phi) is 10.8. The van der Waals surface area contributed by atoms with Crippen LogP contribution in [0.1, 0.15) is 73.4 Å². The topological polar surface area (TPSA) is 76.1 Å². The van der Waals surface area contributed by atoms with Crippen molar-refractivity contribution in [1.82, 2.24) is 4.90 Å². The molecule has 1 saturated heterocycles. The highest BCUT2D eigenvalue weighted by Crippen LogP contribution is 2.39. The van der Waals surface area contributed by atoms with Crippen LogP contribution < -0.4 is 9.47 Å². The van der Waals surface area contributed by atoms with Gasteiger partial charge in [-0.05, 0) is 74.4 Å². The second-order valence-electron chi connectivity index (χ2n) is 9.92. The largest absolute Gasteiger partial charge is 0.493 e. The quantitative estimate of drug-likeness (QED) is 0.407. The summed E-state index contributed by atoms with van der Waals surface area (Å²) in [5.41, 5.74) is 3.31. The van der Waals surface area contributed by atoms with Crippen LogP contribution in [-0.2, 0) is 17.8 Å². The molecule has 0 spiro atoms. The van der Waals surface area contributed by atoms with Crippen LogP contribution in [0.15, 0.2) is 42.5 Å². The van der Waals surface area contributed by atoms with Crippen LogP contribution in [0.4, 0.5) is 0 Å². The van der Waals surface area contributed by atoms with Crippen LogP contribution in [0.2, 0.25) is 0 Å². The van der Waals surface area contributed by atoms with E-state index in [1.807, 2.05) is 12.1 Å². The molecule has 1 aliphatic heterocycles. The van der Waals surface area contributed by atoms with Gasteiger partial charge in [-0.1, -0.05) is 50.1 Å². The number of ketones is 1. The molecule has 0 bridgehead atoms. The first-order valence-electron chi connectivity index (χ1n) is 13.2. The van der Waals surface area contributed by atoms with Gasteiger partial charge in [-0.3, -0.25) is 14.5 Å². The molecule has 0 aromatic heterocycles. The van der Waals surface area contributed by atoms with Crippen molar-refractivity contribution in [2.75, 3.05) is 27.3 Å². The SMILES string of the molecule is CCCCCC(=O)O.COc1cc2c(cc1OC)C(=O)C(CC1CCN(Cc3ccccc3)CC1)C2. The van der Waals surface area contributed by atoms with E-state index in [1.54, 1.807) is 14.2 Å². The Hall–Kier alpha value is -2.86. The molecule has 6 heteroatoms. The van der Waals surface area contributed by atoms with E-state index in [4.69, 9.17) is 14.6 Å². The van der Waals surface area contributed by atoms with Gasteiger partial charge in [0.2, 0.25) is 0 Å². The maximum atomic E-state index is 12.9. The predicted molar refractivity (Wildman–Crippen MR) is 142 cm³/mol. The Balaban J connectivity index is 0.000000392. The fourth-order valence-electron chi connectivity index (χ4n) is 5.24. The standard InChI is InChI=1S/C24H29NO3.C6H12O2/c1-27-22-14-19-13-20(24(26)21(19)15-23(22)28-2)12-17-8-10-25(11-9-17)16-18-6-4-3-5-7-18;1-2-3-4-5-6(7)8/h3-7,14-15,17,20H,8-13,16H2,1-2H3;2-5H2,1H3,(H,7,8). The van der Waals surface area contributed by atoms with E-state index < -0.39 is 5.97 Å². The van der Waals surface area contributed by atoms with Gasteiger partial charge in [0, 0.05) is 24.4 Å². The Labute approximate surface area is 215 Å². The molecule has 4 rings (SSSR count). The van der Waals surface area contributed by atoms with Gasteiger partial charge < -0.3 is 14.6 Å². The van der Waals surface area contributed by atoms with Crippen molar-refractivity contribution in [1.29, 1.82) is 0 Å². The van der Waals surface area contributed by atoms with E-state index in [-0.39, 0.29) is 11.7 Å². The van der Waals surface area contributed by atoms with Crippen LogP contribution in [0, 0.1) is 11.8 Å². The number of hydrogen-bond acceptors (Lipinski definition) is 5. The molecule has 1 aliphatic carbocycles. The van der Waals surface area contributed by atoms with E-state index in [0.29, 0.717) is 23.8 Å². The number of nitrogens with zero attached hydrogens (tertiary/aromatic N) is 1. The molecular formula is C30H41NO5. The zero-order chi connectivity index (χ0) is 25.9. The minimum Gasteiger partial charge on any atom is -0.493 e. The fraction of sp³-hybridized carbons (Fsp3) is 0.533. The second-order valence-corrected chi connectivity index (χ2v) is 9.92. The zero-order valence-electron chi connectivity index (χ0n) is 22.0. The van der Waals surface area contributed by atoms with Gasteiger partial charge in [0.05, 0.1) is 14.2 Å². The Morgan fingerprint density at radius 3 is 2.31 bits per heavy atom. The molecule has 2 aliphatic rings. The van der Waals surface area contributed by atoms with E-state index in [2.05, 4.69) is 42.2 Å². The molecule has 2 aromatic carbocycles. The number of fused-ring (bicyclic) bond motifs is 1. The second kappa shape index (κ2) is 14.0. The third-order valence-electron chi connectivity index (χ3n) is 7.28. The van der Waals surface area contributed by atoms with Gasteiger partial charge in [-0.2, -0.15) is 0 Å². The maximum Gasteiger partial charge on any atom is 0.303 e. The summed E-state index contributed by atoms with van der Waals surface area (Å²) in [7, 11) is 3.26. The molecule has 0 radical (unpaired) electrons. The van der Waals surface area contributed by atoms with Gasteiger partial charge in [-0.15, -0.1) is 0 Å². The third-order valence-corrected chi connectivity index (χ3v) is 7.28. The van der Waals surface area contributed by atoms with Gasteiger partial charge >= 0.3 is 5.97 Å². The first-order valence-corrected chi connectivity index (χ1v) is 13.2. The van der Waals surface area contributed by atoms with Crippen LogP contribution in [0.3, 0.4) is 0 Å². The number of benzene rings is 2. The lowest BCUT2D eigenvalue weighted by Gasteiger charge is -2.32. The first-order chi connectivity index (χ1) is 17.4. The molecule has 36 heavy (non-hydrogen) atoms. The van der Waals surface area contributed by atoms with E-state index in [9.17, 15) is 9.59 Å². The number of carbonyl (C=O) groups is 2. The highest BCUT2D eigenvalue weighted by molar-refractivity contribution is 6.02. The van der Waals surface area contributed by atoms with Crippen LogP contribution in [0.5, 0.6) is 11.5 Å².